The van der Waals surface area contributed by atoms with E-state index in [2.05, 4.69) is 16.8 Å². The van der Waals surface area contributed by atoms with E-state index in [1.165, 1.54) is 6.07 Å². The first-order valence-corrected chi connectivity index (χ1v) is 6.60. The zero-order valence-electron chi connectivity index (χ0n) is 11.4. The van der Waals surface area contributed by atoms with E-state index in [4.69, 9.17) is 0 Å². The van der Waals surface area contributed by atoms with Crippen molar-refractivity contribution in [2.75, 3.05) is 11.4 Å². The minimum Gasteiger partial charge on any atom is -0.365 e. The Morgan fingerprint density at radius 3 is 2.75 bits per heavy atom. The number of rotatable bonds is 6. The molecular formula is C15H17N3O2. The molecule has 2 rings (SSSR count). The summed E-state index contributed by atoms with van der Waals surface area (Å²) in [5.41, 5.74) is 1.92. The summed E-state index contributed by atoms with van der Waals surface area (Å²) in [6.45, 7) is 3.57. The fourth-order valence-corrected chi connectivity index (χ4v) is 2.06. The van der Waals surface area contributed by atoms with Crippen molar-refractivity contribution in [3.8, 4) is 0 Å². The number of benzene rings is 1. The van der Waals surface area contributed by atoms with Gasteiger partial charge in [-0.3, -0.25) is 15.1 Å². The number of nitro benzene ring substituents is 1. The molecule has 2 aromatic rings. The number of hydrogen-bond donors (Lipinski definition) is 0. The molecular weight excluding hydrogens is 254 g/mol. The Hall–Kier alpha value is -2.43. The number of aromatic nitrogens is 1. The van der Waals surface area contributed by atoms with Crippen molar-refractivity contribution in [2.24, 2.45) is 0 Å². The highest BCUT2D eigenvalue weighted by Crippen LogP contribution is 2.22. The highest BCUT2D eigenvalue weighted by Gasteiger charge is 2.11. The molecule has 5 nitrogen and oxygen atoms in total. The molecule has 20 heavy (non-hydrogen) atoms. The molecule has 0 N–H and O–H groups in total. The lowest BCUT2D eigenvalue weighted by molar-refractivity contribution is -0.384. The third kappa shape index (κ3) is 3.54. The monoisotopic (exact) mass is 271 g/mol. The summed E-state index contributed by atoms with van der Waals surface area (Å²) in [4.78, 5) is 16.9. The lowest BCUT2D eigenvalue weighted by Gasteiger charge is -2.23. The summed E-state index contributed by atoms with van der Waals surface area (Å²) in [6.07, 6.45) is 2.72. The zero-order valence-corrected chi connectivity index (χ0v) is 11.4. The van der Waals surface area contributed by atoms with Crippen LogP contribution in [-0.4, -0.2) is 16.5 Å². The molecule has 0 radical (unpaired) electrons. The zero-order chi connectivity index (χ0) is 14.4. The van der Waals surface area contributed by atoms with Crippen molar-refractivity contribution < 1.29 is 4.92 Å². The number of anilines is 1. The molecule has 1 aromatic heterocycles. The molecule has 0 spiro atoms. The first kappa shape index (κ1) is 14.0. The quantitative estimate of drug-likeness (QED) is 0.596. The van der Waals surface area contributed by atoms with Crippen LogP contribution in [-0.2, 0) is 6.54 Å². The van der Waals surface area contributed by atoms with E-state index < -0.39 is 0 Å². The molecule has 0 bridgehead atoms. The Morgan fingerprint density at radius 2 is 2.10 bits per heavy atom. The van der Waals surface area contributed by atoms with E-state index in [0.29, 0.717) is 6.54 Å². The SMILES string of the molecule is CCCN(Cc1ccccn1)c1cccc([N+](=O)[O-])c1. The summed E-state index contributed by atoms with van der Waals surface area (Å²) < 4.78 is 0. The van der Waals surface area contributed by atoms with Crippen LogP contribution >= 0.6 is 0 Å². The topological polar surface area (TPSA) is 59.3 Å². The van der Waals surface area contributed by atoms with E-state index in [9.17, 15) is 10.1 Å². The first-order chi connectivity index (χ1) is 9.70. The standard InChI is InChI=1S/C15H17N3O2/c1-2-10-17(12-13-6-3-4-9-16-13)14-7-5-8-15(11-14)18(19)20/h3-9,11H,2,10,12H2,1H3. The Labute approximate surface area is 118 Å². The normalized spacial score (nSPS) is 10.2. The predicted molar refractivity (Wildman–Crippen MR) is 78.7 cm³/mol. The van der Waals surface area contributed by atoms with Crippen molar-refractivity contribution in [2.45, 2.75) is 19.9 Å². The fraction of sp³-hybridized carbons (Fsp3) is 0.267. The number of nitro groups is 1. The van der Waals surface area contributed by atoms with Gasteiger partial charge in [0.2, 0.25) is 0 Å². The summed E-state index contributed by atoms with van der Waals surface area (Å²) in [5, 5.41) is 10.9. The van der Waals surface area contributed by atoms with Gasteiger partial charge in [-0.05, 0) is 24.6 Å². The van der Waals surface area contributed by atoms with E-state index in [1.807, 2.05) is 24.3 Å². The second-order valence-corrected chi connectivity index (χ2v) is 4.52. The maximum Gasteiger partial charge on any atom is 0.271 e. The fourth-order valence-electron chi connectivity index (χ4n) is 2.06. The minimum atomic E-state index is -0.367. The van der Waals surface area contributed by atoms with Gasteiger partial charge in [0, 0.05) is 30.6 Å². The Bertz CT molecular complexity index is 572. The average molecular weight is 271 g/mol. The van der Waals surface area contributed by atoms with Crippen LogP contribution in [0.1, 0.15) is 19.0 Å². The molecule has 0 unspecified atom stereocenters. The summed E-state index contributed by atoms with van der Waals surface area (Å²) >= 11 is 0. The van der Waals surface area contributed by atoms with Gasteiger partial charge in [-0.2, -0.15) is 0 Å². The summed E-state index contributed by atoms with van der Waals surface area (Å²) in [6, 6.07) is 12.5. The van der Waals surface area contributed by atoms with E-state index in [0.717, 1.165) is 24.3 Å². The smallest absolute Gasteiger partial charge is 0.271 e. The van der Waals surface area contributed by atoms with Gasteiger partial charge in [0.15, 0.2) is 0 Å². The van der Waals surface area contributed by atoms with Gasteiger partial charge in [-0.15, -0.1) is 0 Å². The van der Waals surface area contributed by atoms with Crippen molar-refractivity contribution in [1.29, 1.82) is 0 Å². The maximum atomic E-state index is 10.9. The van der Waals surface area contributed by atoms with Gasteiger partial charge in [0.05, 0.1) is 17.2 Å². The van der Waals surface area contributed by atoms with Crippen molar-refractivity contribution in [1.82, 2.24) is 4.98 Å². The number of nitrogens with zero attached hydrogens (tertiary/aromatic N) is 3. The van der Waals surface area contributed by atoms with Crippen LogP contribution in [0.3, 0.4) is 0 Å². The van der Waals surface area contributed by atoms with Crippen molar-refractivity contribution in [3.05, 3.63) is 64.5 Å². The van der Waals surface area contributed by atoms with E-state index in [-0.39, 0.29) is 10.6 Å². The lowest BCUT2D eigenvalue weighted by Crippen LogP contribution is -2.24. The van der Waals surface area contributed by atoms with Crippen LogP contribution in [0.5, 0.6) is 0 Å². The Kier molecular flexibility index (Phi) is 4.65. The largest absolute Gasteiger partial charge is 0.365 e. The van der Waals surface area contributed by atoms with Crippen LogP contribution in [0.15, 0.2) is 48.7 Å². The molecule has 5 heteroatoms. The van der Waals surface area contributed by atoms with E-state index in [1.54, 1.807) is 18.3 Å². The van der Waals surface area contributed by atoms with Crippen LogP contribution in [0.2, 0.25) is 0 Å². The number of non-ortho nitro benzene ring substituents is 1. The summed E-state index contributed by atoms with van der Waals surface area (Å²) in [5.74, 6) is 0. The molecule has 0 aliphatic heterocycles. The number of pyridine rings is 1. The second kappa shape index (κ2) is 6.65. The molecule has 1 aromatic carbocycles. The predicted octanol–water partition coefficient (Wildman–Crippen LogP) is 3.41. The highest BCUT2D eigenvalue weighted by atomic mass is 16.6. The third-order valence-corrected chi connectivity index (χ3v) is 2.98. The minimum absolute atomic E-state index is 0.115. The third-order valence-electron chi connectivity index (χ3n) is 2.98. The van der Waals surface area contributed by atoms with Crippen LogP contribution in [0, 0.1) is 10.1 Å². The van der Waals surface area contributed by atoms with Crippen molar-refractivity contribution in [3.63, 3.8) is 0 Å². The van der Waals surface area contributed by atoms with Gasteiger partial charge in [0.1, 0.15) is 0 Å². The molecule has 104 valence electrons. The first-order valence-electron chi connectivity index (χ1n) is 6.60. The molecule has 0 aliphatic rings. The van der Waals surface area contributed by atoms with Crippen LogP contribution < -0.4 is 4.90 Å². The van der Waals surface area contributed by atoms with Gasteiger partial charge in [-0.25, -0.2) is 0 Å². The molecule has 0 aliphatic carbocycles. The molecule has 1 heterocycles. The van der Waals surface area contributed by atoms with Gasteiger partial charge >= 0.3 is 0 Å². The number of hydrogen-bond acceptors (Lipinski definition) is 4. The van der Waals surface area contributed by atoms with Gasteiger partial charge < -0.3 is 4.90 Å². The van der Waals surface area contributed by atoms with E-state index >= 15 is 0 Å². The van der Waals surface area contributed by atoms with Gasteiger partial charge in [0.25, 0.3) is 5.69 Å². The average Bonchev–Trinajstić information content (AvgIpc) is 2.48. The van der Waals surface area contributed by atoms with Crippen molar-refractivity contribution >= 4 is 11.4 Å². The molecule has 0 saturated heterocycles. The Balaban J connectivity index is 2.24. The Morgan fingerprint density at radius 1 is 1.25 bits per heavy atom. The van der Waals surface area contributed by atoms with Gasteiger partial charge in [-0.1, -0.05) is 19.1 Å². The second-order valence-electron chi connectivity index (χ2n) is 4.52. The molecule has 0 fully saturated rings. The van der Waals surface area contributed by atoms with Crippen LogP contribution in [0.4, 0.5) is 11.4 Å². The highest BCUT2D eigenvalue weighted by molar-refractivity contribution is 5.53. The molecule has 0 atom stereocenters. The van der Waals surface area contributed by atoms with Crippen LogP contribution in [0.25, 0.3) is 0 Å². The maximum absolute atomic E-state index is 10.9. The molecule has 0 amide bonds. The lowest BCUT2D eigenvalue weighted by atomic mass is 10.2. The molecule has 0 saturated carbocycles. The summed E-state index contributed by atoms with van der Waals surface area (Å²) in [7, 11) is 0.